The summed E-state index contributed by atoms with van der Waals surface area (Å²) in [5, 5.41) is 0. The van der Waals surface area contributed by atoms with E-state index in [0.29, 0.717) is 17.5 Å². The number of nitrogens with zero attached hydrogens (tertiary/aromatic N) is 1. The van der Waals surface area contributed by atoms with Crippen LogP contribution < -0.4 is 9.64 Å². The van der Waals surface area contributed by atoms with Gasteiger partial charge in [0.1, 0.15) is 11.5 Å². The highest BCUT2D eigenvalue weighted by Gasteiger charge is 2.30. The van der Waals surface area contributed by atoms with Crippen LogP contribution in [0.3, 0.4) is 0 Å². The van der Waals surface area contributed by atoms with Crippen LogP contribution in [0.4, 0.5) is 24.5 Å². The van der Waals surface area contributed by atoms with E-state index in [1.807, 2.05) is 36.4 Å². The van der Waals surface area contributed by atoms with Crippen LogP contribution in [0.5, 0.6) is 11.5 Å². The van der Waals surface area contributed by atoms with Crippen molar-refractivity contribution >= 4 is 11.4 Å². The number of ether oxygens (including phenoxy) is 1. The molecule has 0 amide bonds. The number of hydrogen-bond acceptors (Lipinski definition) is 2. The second-order valence-corrected chi connectivity index (χ2v) is 7.03. The lowest BCUT2D eigenvalue weighted by Gasteiger charge is -2.32. The van der Waals surface area contributed by atoms with Gasteiger partial charge in [0, 0.05) is 17.4 Å². The smallest absolute Gasteiger partial charge is 0.416 e. The number of para-hydroxylation sites is 1. The molecule has 0 saturated heterocycles. The minimum absolute atomic E-state index is 0.304. The third kappa shape index (κ3) is 4.91. The highest BCUT2D eigenvalue weighted by Crippen LogP contribution is 2.34. The molecule has 0 N–H and O–H groups in total. The first-order valence-corrected chi connectivity index (χ1v) is 9.59. The summed E-state index contributed by atoms with van der Waals surface area (Å²) in [7, 11) is 0. The van der Waals surface area contributed by atoms with Crippen molar-refractivity contribution in [2.24, 2.45) is 0 Å². The number of hydrogen-bond donors (Lipinski definition) is 0. The number of alkyl halides is 3. The molecule has 5 heteroatoms. The van der Waals surface area contributed by atoms with E-state index in [2.05, 4.69) is 37.8 Å². The first-order chi connectivity index (χ1) is 13.8. The summed E-state index contributed by atoms with van der Waals surface area (Å²) in [5.41, 5.74) is 2.69. The van der Waals surface area contributed by atoms with Gasteiger partial charge in [0.15, 0.2) is 0 Å². The fourth-order valence-corrected chi connectivity index (χ4v) is 3.17. The summed E-state index contributed by atoms with van der Waals surface area (Å²) in [6, 6.07) is 20.9. The van der Waals surface area contributed by atoms with Crippen molar-refractivity contribution in [1.29, 1.82) is 0 Å². The summed E-state index contributed by atoms with van der Waals surface area (Å²) in [6.45, 7) is 6.42. The molecule has 0 aromatic heterocycles. The normalized spacial score (nSPS) is 12.5. The van der Waals surface area contributed by atoms with Gasteiger partial charge >= 0.3 is 6.18 Å². The summed E-state index contributed by atoms with van der Waals surface area (Å²) in [6.07, 6.45) is -3.37. The molecule has 0 fully saturated rings. The van der Waals surface area contributed by atoms with Crippen LogP contribution in [0.2, 0.25) is 0 Å². The Morgan fingerprint density at radius 2 is 1.41 bits per heavy atom. The molecule has 0 spiro atoms. The standard InChI is InChI=1S/C24H24F3NO/c1-4-18(3)28(23-8-6-5-7-17(23)2)20-11-15-22(16-12-20)29-21-13-9-19(10-14-21)24(25,26)27/h5-16,18H,4H2,1-3H3. The maximum Gasteiger partial charge on any atom is 0.416 e. The van der Waals surface area contributed by atoms with Crippen molar-refractivity contribution in [1.82, 2.24) is 0 Å². The molecule has 0 radical (unpaired) electrons. The molecule has 152 valence electrons. The van der Waals surface area contributed by atoms with E-state index in [4.69, 9.17) is 4.74 Å². The Hall–Kier alpha value is -2.95. The predicted molar refractivity (Wildman–Crippen MR) is 111 cm³/mol. The lowest BCUT2D eigenvalue weighted by atomic mass is 10.1. The molecule has 0 aliphatic carbocycles. The molecule has 0 aliphatic heterocycles. The van der Waals surface area contributed by atoms with Gasteiger partial charge in [0.05, 0.1) is 5.56 Å². The maximum atomic E-state index is 12.7. The Kier molecular flexibility index (Phi) is 6.16. The van der Waals surface area contributed by atoms with Crippen molar-refractivity contribution < 1.29 is 17.9 Å². The van der Waals surface area contributed by atoms with Crippen molar-refractivity contribution in [2.45, 2.75) is 39.4 Å². The first kappa shape index (κ1) is 20.8. The van der Waals surface area contributed by atoms with E-state index in [-0.39, 0.29) is 0 Å². The molecule has 3 aromatic rings. The average molecular weight is 399 g/mol. The van der Waals surface area contributed by atoms with Crippen molar-refractivity contribution in [3.63, 3.8) is 0 Å². The van der Waals surface area contributed by atoms with Gasteiger partial charge in [-0.3, -0.25) is 0 Å². The number of anilines is 2. The van der Waals surface area contributed by atoms with Gasteiger partial charge in [0.25, 0.3) is 0 Å². The number of aryl methyl sites for hydroxylation is 1. The quantitative estimate of drug-likeness (QED) is 0.420. The summed E-state index contributed by atoms with van der Waals surface area (Å²) < 4.78 is 43.8. The minimum atomic E-state index is -4.35. The van der Waals surface area contributed by atoms with Gasteiger partial charge in [-0.25, -0.2) is 0 Å². The van der Waals surface area contributed by atoms with Crippen LogP contribution in [0.15, 0.2) is 72.8 Å². The van der Waals surface area contributed by atoms with E-state index in [0.717, 1.165) is 29.9 Å². The molecule has 0 bridgehead atoms. The molecule has 3 rings (SSSR count). The molecule has 1 unspecified atom stereocenters. The summed E-state index contributed by atoms with van der Waals surface area (Å²) in [4.78, 5) is 2.29. The highest BCUT2D eigenvalue weighted by molar-refractivity contribution is 5.67. The van der Waals surface area contributed by atoms with Crippen LogP contribution in [0, 0.1) is 6.92 Å². The largest absolute Gasteiger partial charge is 0.457 e. The lowest BCUT2D eigenvalue weighted by Crippen LogP contribution is -2.28. The summed E-state index contributed by atoms with van der Waals surface area (Å²) in [5.74, 6) is 0.936. The Morgan fingerprint density at radius 3 is 1.93 bits per heavy atom. The van der Waals surface area contributed by atoms with Gasteiger partial charge in [-0.1, -0.05) is 25.1 Å². The van der Waals surface area contributed by atoms with E-state index in [1.54, 1.807) is 0 Å². The molecular formula is C24H24F3NO. The van der Waals surface area contributed by atoms with E-state index in [1.165, 1.54) is 17.7 Å². The second-order valence-electron chi connectivity index (χ2n) is 7.03. The third-order valence-electron chi connectivity index (χ3n) is 4.94. The van der Waals surface area contributed by atoms with Gasteiger partial charge in [-0.2, -0.15) is 13.2 Å². The first-order valence-electron chi connectivity index (χ1n) is 9.59. The third-order valence-corrected chi connectivity index (χ3v) is 4.94. The fraction of sp³-hybridized carbons (Fsp3) is 0.250. The van der Waals surface area contributed by atoms with Gasteiger partial charge < -0.3 is 9.64 Å². The molecule has 29 heavy (non-hydrogen) atoms. The maximum absolute atomic E-state index is 12.7. The molecule has 0 saturated carbocycles. The van der Waals surface area contributed by atoms with E-state index >= 15 is 0 Å². The molecule has 1 atom stereocenters. The zero-order chi connectivity index (χ0) is 21.0. The molecule has 3 aromatic carbocycles. The van der Waals surface area contributed by atoms with Gasteiger partial charge in [-0.05, 0) is 80.4 Å². The molecule has 2 nitrogen and oxygen atoms in total. The predicted octanol–water partition coefficient (Wildman–Crippen LogP) is 7.74. The Bertz CT molecular complexity index is 934. The highest BCUT2D eigenvalue weighted by atomic mass is 19.4. The number of halogens is 3. The van der Waals surface area contributed by atoms with Crippen LogP contribution in [-0.4, -0.2) is 6.04 Å². The Balaban J connectivity index is 1.82. The Morgan fingerprint density at radius 1 is 0.862 bits per heavy atom. The zero-order valence-corrected chi connectivity index (χ0v) is 16.7. The van der Waals surface area contributed by atoms with E-state index in [9.17, 15) is 13.2 Å². The Labute approximate surface area is 169 Å². The van der Waals surface area contributed by atoms with Crippen molar-refractivity contribution in [3.05, 3.63) is 83.9 Å². The summed E-state index contributed by atoms with van der Waals surface area (Å²) >= 11 is 0. The average Bonchev–Trinajstić information content (AvgIpc) is 2.70. The SMILES string of the molecule is CCC(C)N(c1ccc(Oc2ccc(C(F)(F)F)cc2)cc1)c1ccccc1C. The number of benzene rings is 3. The minimum Gasteiger partial charge on any atom is -0.457 e. The van der Waals surface area contributed by atoms with Crippen molar-refractivity contribution in [2.75, 3.05) is 4.90 Å². The van der Waals surface area contributed by atoms with Crippen LogP contribution >= 0.6 is 0 Å². The fourth-order valence-electron chi connectivity index (χ4n) is 3.17. The second kappa shape index (κ2) is 8.60. The van der Waals surface area contributed by atoms with Crippen LogP contribution in [-0.2, 0) is 6.18 Å². The molecular weight excluding hydrogens is 375 g/mol. The van der Waals surface area contributed by atoms with Gasteiger partial charge in [0.2, 0.25) is 0 Å². The molecule has 0 aliphatic rings. The monoisotopic (exact) mass is 399 g/mol. The van der Waals surface area contributed by atoms with Gasteiger partial charge in [-0.15, -0.1) is 0 Å². The van der Waals surface area contributed by atoms with Crippen LogP contribution in [0.1, 0.15) is 31.4 Å². The number of rotatable bonds is 6. The zero-order valence-electron chi connectivity index (χ0n) is 16.7. The van der Waals surface area contributed by atoms with Crippen LogP contribution in [0.25, 0.3) is 0 Å². The molecule has 0 heterocycles. The topological polar surface area (TPSA) is 12.5 Å². The van der Waals surface area contributed by atoms with E-state index < -0.39 is 11.7 Å². The van der Waals surface area contributed by atoms with Crippen molar-refractivity contribution in [3.8, 4) is 11.5 Å². The lowest BCUT2D eigenvalue weighted by molar-refractivity contribution is -0.137.